The molecule has 0 aromatic heterocycles. The number of nitrogens with one attached hydrogen (secondary N) is 2. The number of carbonyl (C=O) groups excluding carboxylic acids is 2. The SMILES string of the molecule is CCOc1cc(/C=N/NC(=O)C(NC(=O)c2ccc(Cl)c(Cl)c2)C(C)C)cc(Br)c1OCC(=O)O. The maximum absolute atomic E-state index is 12.7. The van der Waals surface area contributed by atoms with Gasteiger partial charge in [-0.2, -0.15) is 5.10 Å². The summed E-state index contributed by atoms with van der Waals surface area (Å²) in [6.45, 7) is 5.12. The van der Waals surface area contributed by atoms with Gasteiger partial charge >= 0.3 is 5.97 Å². The first-order chi connectivity index (χ1) is 16.5. The summed E-state index contributed by atoms with van der Waals surface area (Å²) >= 11 is 15.2. The number of rotatable bonds is 11. The Bertz CT molecular complexity index is 1130. The van der Waals surface area contributed by atoms with Gasteiger partial charge in [-0.1, -0.05) is 37.0 Å². The number of carboxylic acid groups (broad SMARTS) is 1. The van der Waals surface area contributed by atoms with Crippen LogP contribution in [0.15, 0.2) is 39.9 Å². The van der Waals surface area contributed by atoms with Gasteiger partial charge in [-0.05, 0) is 64.7 Å². The fraction of sp³-hybridized carbons (Fsp3) is 0.304. The first-order valence-corrected chi connectivity index (χ1v) is 12.0. The molecular formula is C23H24BrCl2N3O6. The van der Waals surface area contributed by atoms with Crippen molar-refractivity contribution in [1.82, 2.24) is 10.7 Å². The van der Waals surface area contributed by atoms with Crippen molar-refractivity contribution in [3.05, 3.63) is 56.0 Å². The maximum atomic E-state index is 12.7. The Balaban J connectivity index is 2.12. The smallest absolute Gasteiger partial charge is 0.341 e. The van der Waals surface area contributed by atoms with Crippen LogP contribution in [-0.2, 0) is 9.59 Å². The lowest BCUT2D eigenvalue weighted by Gasteiger charge is -2.20. The zero-order valence-corrected chi connectivity index (χ0v) is 22.2. The number of carbonyl (C=O) groups is 3. The van der Waals surface area contributed by atoms with Crippen molar-refractivity contribution in [3.8, 4) is 11.5 Å². The second-order valence-electron chi connectivity index (χ2n) is 7.50. The Morgan fingerprint density at radius 2 is 1.86 bits per heavy atom. The zero-order valence-electron chi connectivity index (χ0n) is 19.1. The lowest BCUT2D eigenvalue weighted by atomic mass is 10.0. The van der Waals surface area contributed by atoms with Crippen molar-refractivity contribution in [2.75, 3.05) is 13.2 Å². The number of amides is 2. The molecule has 0 saturated heterocycles. The predicted molar refractivity (Wildman–Crippen MR) is 137 cm³/mol. The fourth-order valence-electron chi connectivity index (χ4n) is 2.84. The Labute approximate surface area is 220 Å². The molecule has 0 radical (unpaired) electrons. The number of halogens is 3. The van der Waals surface area contributed by atoms with Crippen LogP contribution in [0.1, 0.15) is 36.7 Å². The molecule has 3 N–H and O–H groups in total. The number of benzene rings is 2. The lowest BCUT2D eigenvalue weighted by molar-refractivity contribution is -0.139. The van der Waals surface area contributed by atoms with Crippen molar-refractivity contribution in [3.63, 3.8) is 0 Å². The first-order valence-electron chi connectivity index (χ1n) is 10.4. The van der Waals surface area contributed by atoms with Crippen molar-refractivity contribution in [1.29, 1.82) is 0 Å². The molecule has 2 aromatic rings. The molecule has 0 spiro atoms. The van der Waals surface area contributed by atoms with Crippen LogP contribution in [0.3, 0.4) is 0 Å². The highest BCUT2D eigenvalue weighted by molar-refractivity contribution is 9.10. The summed E-state index contributed by atoms with van der Waals surface area (Å²) in [4.78, 5) is 36.1. The molecule has 1 unspecified atom stereocenters. The van der Waals surface area contributed by atoms with Crippen molar-refractivity contribution in [2.45, 2.75) is 26.8 Å². The quantitative estimate of drug-likeness (QED) is 0.262. The van der Waals surface area contributed by atoms with E-state index in [0.29, 0.717) is 27.4 Å². The van der Waals surface area contributed by atoms with Gasteiger partial charge in [0, 0.05) is 5.56 Å². The normalized spacial score (nSPS) is 11.9. The average molecular weight is 589 g/mol. The van der Waals surface area contributed by atoms with Gasteiger partial charge in [0.2, 0.25) is 0 Å². The van der Waals surface area contributed by atoms with E-state index in [1.54, 1.807) is 32.9 Å². The number of hydrogen-bond donors (Lipinski definition) is 3. The minimum absolute atomic E-state index is 0.228. The van der Waals surface area contributed by atoms with Crippen LogP contribution in [0, 0.1) is 5.92 Å². The highest BCUT2D eigenvalue weighted by atomic mass is 79.9. The standard InChI is InChI=1S/C23H24BrCl2N3O6/c1-4-34-18-8-13(7-15(24)21(18)35-11-19(30)31)10-27-29-23(33)20(12(2)3)28-22(32)14-5-6-16(25)17(26)9-14/h5-10,12,20H,4,11H2,1-3H3,(H,28,32)(H,29,33)(H,30,31)/b27-10+. The van der Waals surface area contributed by atoms with Gasteiger partial charge in [0.05, 0.1) is 27.3 Å². The van der Waals surface area contributed by atoms with Gasteiger partial charge in [0.15, 0.2) is 18.1 Å². The molecule has 0 saturated carbocycles. The lowest BCUT2D eigenvalue weighted by Crippen LogP contribution is -2.48. The number of nitrogens with zero attached hydrogens (tertiary/aromatic N) is 1. The van der Waals surface area contributed by atoms with Gasteiger partial charge < -0.3 is 19.9 Å². The number of ether oxygens (including phenoxy) is 2. The van der Waals surface area contributed by atoms with Crippen LogP contribution in [0.25, 0.3) is 0 Å². The molecule has 188 valence electrons. The monoisotopic (exact) mass is 587 g/mol. The Hall–Kier alpha value is -2.82. The minimum Gasteiger partial charge on any atom is -0.490 e. The molecule has 0 heterocycles. The molecule has 1 atom stereocenters. The third-order valence-corrected chi connectivity index (χ3v) is 5.81. The molecule has 2 rings (SSSR count). The zero-order chi connectivity index (χ0) is 26.1. The summed E-state index contributed by atoms with van der Waals surface area (Å²) in [5.74, 6) is -1.82. The van der Waals surface area contributed by atoms with E-state index in [-0.39, 0.29) is 22.3 Å². The molecule has 0 aliphatic heterocycles. The van der Waals surface area contributed by atoms with Crippen molar-refractivity contribution < 1.29 is 29.0 Å². The Morgan fingerprint density at radius 1 is 1.14 bits per heavy atom. The van der Waals surface area contributed by atoms with Crippen molar-refractivity contribution in [2.24, 2.45) is 11.0 Å². The highest BCUT2D eigenvalue weighted by Gasteiger charge is 2.25. The van der Waals surface area contributed by atoms with Crippen LogP contribution in [0.2, 0.25) is 10.0 Å². The molecular weight excluding hydrogens is 565 g/mol. The number of hydrazone groups is 1. The molecule has 9 nitrogen and oxygen atoms in total. The van der Waals surface area contributed by atoms with Gasteiger partial charge in [-0.25, -0.2) is 10.2 Å². The number of hydrogen-bond acceptors (Lipinski definition) is 6. The van der Waals surface area contributed by atoms with Crippen LogP contribution in [0.4, 0.5) is 0 Å². The van der Waals surface area contributed by atoms with E-state index in [9.17, 15) is 14.4 Å². The van der Waals surface area contributed by atoms with E-state index in [1.165, 1.54) is 24.4 Å². The fourth-order valence-corrected chi connectivity index (χ4v) is 3.71. The van der Waals surface area contributed by atoms with Crippen LogP contribution >= 0.6 is 39.1 Å². The molecule has 0 bridgehead atoms. The maximum Gasteiger partial charge on any atom is 0.341 e. The topological polar surface area (TPSA) is 126 Å². The van der Waals surface area contributed by atoms with Gasteiger partial charge in [-0.3, -0.25) is 9.59 Å². The van der Waals surface area contributed by atoms with Crippen molar-refractivity contribution >= 4 is 63.1 Å². The van der Waals surface area contributed by atoms with E-state index < -0.39 is 30.4 Å². The average Bonchev–Trinajstić information content (AvgIpc) is 2.78. The van der Waals surface area contributed by atoms with E-state index >= 15 is 0 Å². The molecule has 12 heteroatoms. The van der Waals surface area contributed by atoms with E-state index in [2.05, 4.69) is 31.8 Å². The highest BCUT2D eigenvalue weighted by Crippen LogP contribution is 2.36. The van der Waals surface area contributed by atoms with Gasteiger partial charge in [0.25, 0.3) is 11.8 Å². The summed E-state index contributed by atoms with van der Waals surface area (Å²) in [7, 11) is 0. The predicted octanol–water partition coefficient (Wildman–Crippen LogP) is 4.52. The van der Waals surface area contributed by atoms with Gasteiger partial charge in [-0.15, -0.1) is 0 Å². The van der Waals surface area contributed by atoms with Gasteiger partial charge in [0.1, 0.15) is 6.04 Å². The Morgan fingerprint density at radius 3 is 2.46 bits per heavy atom. The molecule has 0 aliphatic carbocycles. The second kappa shape index (κ2) is 13.3. The third-order valence-electron chi connectivity index (χ3n) is 4.48. The third kappa shape index (κ3) is 8.41. The first kappa shape index (κ1) is 28.4. The number of aliphatic carboxylic acids is 1. The molecule has 2 amide bonds. The van der Waals surface area contributed by atoms with E-state index in [1.807, 2.05) is 0 Å². The molecule has 0 fully saturated rings. The van der Waals surface area contributed by atoms with Crippen LogP contribution in [0.5, 0.6) is 11.5 Å². The largest absolute Gasteiger partial charge is 0.490 e. The van der Waals surface area contributed by atoms with Crippen LogP contribution in [-0.4, -0.2) is 48.4 Å². The summed E-state index contributed by atoms with van der Waals surface area (Å²) in [6.07, 6.45) is 1.38. The van der Waals surface area contributed by atoms with E-state index in [0.717, 1.165) is 0 Å². The number of carboxylic acids is 1. The summed E-state index contributed by atoms with van der Waals surface area (Å²) in [5, 5.41) is 16.0. The molecule has 0 aliphatic rings. The molecule has 2 aromatic carbocycles. The van der Waals surface area contributed by atoms with Crippen LogP contribution < -0.4 is 20.2 Å². The summed E-state index contributed by atoms with van der Waals surface area (Å²) in [5.41, 5.74) is 3.23. The Kier molecular flexibility index (Phi) is 10.8. The molecule has 35 heavy (non-hydrogen) atoms. The van der Waals surface area contributed by atoms with E-state index in [4.69, 9.17) is 37.8 Å². The second-order valence-corrected chi connectivity index (χ2v) is 9.17. The minimum atomic E-state index is -1.13. The summed E-state index contributed by atoms with van der Waals surface area (Å²) in [6, 6.07) is 6.78. The summed E-state index contributed by atoms with van der Waals surface area (Å²) < 4.78 is 11.3.